The van der Waals surface area contributed by atoms with Crippen molar-refractivity contribution in [1.29, 1.82) is 0 Å². The molecule has 7 heteroatoms. The number of sulfonamides is 1. The van der Waals surface area contributed by atoms with Crippen molar-refractivity contribution >= 4 is 21.8 Å². The second kappa shape index (κ2) is 8.79. The van der Waals surface area contributed by atoms with Crippen molar-refractivity contribution < 1.29 is 18.0 Å². The highest BCUT2D eigenvalue weighted by molar-refractivity contribution is 7.89. The Morgan fingerprint density at radius 3 is 2.07 bits per heavy atom. The van der Waals surface area contributed by atoms with Gasteiger partial charge in [-0.2, -0.15) is 0 Å². The van der Waals surface area contributed by atoms with Crippen LogP contribution in [-0.2, 0) is 26.2 Å². The minimum absolute atomic E-state index is 0.0228. The Morgan fingerprint density at radius 1 is 0.900 bits per heavy atom. The van der Waals surface area contributed by atoms with Crippen molar-refractivity contribution in [3.05, 3.63) is 29.3 Å². The van der Waals surface area contributed by atoms with Gasteiger partial charge in [-0.1, -0.05) is 50.7 Å². The third-order valence-corrected chi connectivity index (χ3v) is 8.65. The number of carbonyl (C=O) groups excluding carboxylic acids is 2. The molecule has 1 aromatic rings. The number of nitrogens with one attached hydrogen (secondary N) is 1. The monoisotopic (exact) mass is 432 g/mol. The number of imide groups is 1. The molecule has 0 aromatic heterocycles. The Balaban J connectivity index is 1.53. The van der Waals surface area contributed by atoms with Crippen LogP contribution in [0, 0.1) is 18.8 Å². The maximum atomic E-state index is 13.1. The molecule has 1 heterocycles. The number of likely N-dealkylation sites (tertiary alicyclic amines) is 1. The largest absolute Gasteiger partial charge is 0.278 e. The predicted octanol–water partition coefficient (Wildman–Crippen LogP) is 3.67. The molecular weight excluding hydrogens is 400 g/mol. The smallest absolute Gasteiger partial charge is 0.241 e. The summed E-state index contributed by atoms with van der Waals surface area (Å²) in [6.07, 6.45) is 9.71. The fraction of sp³-hybridized carbons (Fsp3) is 0.652. The quantitative estimate of drug-likeness (QED) is 0.568. The van der Waals surface area contributed by atoms with Gasteiger partial charge in [-0.3, -0.25) is 14.5 Å². The lowest BCUT2D eigenvalue weighted by atomic mass is 9.81. The minimum Gasteiger partial charge on any atom is -0.278 e. The number of carbonyl (C=O) groups is 2. The summed E-state index contributed by atoms with van der Waals surface area (Å²) < 4.78 is 29.1. The Kier molecular flexibility index (Phi) is 6.30. The third-order valence-electron chi connectivity index (χ3n) is 6.99. The first kappa shape index (κ1) is 21.5. The summed E-state index contributed by atoms with van der Waals surface area (Å²) in [6, 6.07) is 5.21. The van der Waals surface area contributed by atoms with Gasteiger partial charge in [0.25, 0.3) is 0 Å². The summed E-state index contributed by atoms with van der Waals surface area (Å²) in [5.74, 6) is -0.550. The van der Waals surface area contributed by atoms with E-state index < -0.39 is 10.0 Å². The molecule has 164 valence electrons. The molecule has 1 aliphatic heterocycles. The van der Waals surface area contributed by atoms with E-state index in [4.69, 9.17) is 0 Å². The van der Waals surface area contributed by atoms with Crippen LogP contribution in [0.4, 0.5) is 0 Å². The van der Waals surface area contributed by atoms with Crippen LogP contribution in [-0.4, -0.2) is 31.2 Å². The fourth-order valence-corrected chi connectivity index (χ4v) is 6.88. The molecule has 2 amide bonds. The van der Waals surface area contributed by atoms with Crippen molar-refractivity contribution in [3.8, 4) is 0 Å². The van der Waals surface area contributed by atoms with Gasteiger partial charge in [0, 0.05) is 6.04 Å². The zero-order valence-corrected chi connectivity index (χ0v) is 18.5. The number of hydrogen-bond donors (Lipinski definition) is 1. The van der Waals surface area contributed by atoms with E-state index in [1.54, 1.807) is 19.1 Å². The van der Waals surface area contributed by atoms with Gasteiger partial charge in [0.05, 0.1) is 23.3 Å². The highest BCUT2D eigenvalue weighted by Gasteiger charge is 2.47. The average molecular weight is 433 g/mol. The van der Waals surface area contributed by atoms with Gasteiger partial charge in [0.15, 0.2) is 0 Å². The van der Waals surface area contributed by atoms with E-state index >= 15 is 0 Å². The molecule has 1 saturated heterocycles. The first-order valence-electron chi connectivity index (χ1n) is 11.3. The van der Waals surface area contributed by atoms with Gasteiger partial charge < -0.3 is 0 Å². The summed E-state index contributed by atoms with van der Waals surface area (Å²) in [5, 5.41) is 0. The number of amides is 2. The molecule has 3 fully saturated rings. The number of nitrogens with zero attached hydrogens (tertiary/aromatic N) is 1. The zero-order valence-electron chi connectivity index (χ0n) is 17.7. The van der Waals surface area contributed by atoms with Gasteiger partial charge >= 0.3 is 0 Å². The van der Waals surface area contributed by atoms with Crippen LogP contribution in [0.3, 0.4) is 0 Å². The Morgan fingerprint density at radius 2 is 1.47 bits per heavy atom. The SMILES string of the molecule is Cc1ccc(CN2C(=O)C3CCCCC3C2=O)cc1S(=O)(=O)NC1CCCCCC1. The van der Waals surface area contributed by atoms with Crippen molar-refractivity contribution in [2.45, 2.75) is 88.6 Å². The van der Waals surface area contributed by atoms with Crippen LogP contribution in [0.1, 0.15) is 75.3 Å². The first-order chi connectivity index (χ1) is 14.4. The van der Waals surface area contributed by atoms with Crippen LogP contribution in [0.5, 0.6) is 0 Å². The van der Waals surface area contributed by atoms with Crippen molar-refractivity contribution in [3.63, 3.8) is 0 Å². The lowest BCUT2D eigenvalue weighted by molar-refractivity contribution is -0.140. The number of fused-ring (bicyclic) bond motifs is 1. The van der Waals surface area contributed by atoms with Crippen molar-refractivity contribution in [1.82, 2.24) is 9.62 Å². The van der Waals surface area contributed by atoms with E-state index in [-0.39, 0.29) is 41.1 Å². The highest BCUT2D eigenvalue weighted by atomic mass is 32.2. The second-order valence-electron chi connectivity index (χ2n) is 9.17. The number of aryl methyl sites for hydroxylation is 1. The molecule has 2 saturated carbocycles. The molecule has 2 aliphatic carbocycles. The van der Waals surface area contributed by atoms with Gasteiger partial charge in [-0.05, 0) is 49.8 Å². The number of hydrogen-bond acceptors (Lipinski definition) is 4. The molecule has 4 rings (SSSR count). The fourth-order valence-electron chi connectivity index (χ4n) is 5.28. The zero-order chi connectivity index (χ0) is 21.3. The Hall–Kier alpha value is -1.73. The van der Waals surface area contributed by atoms with Gasteiger partial charge in [-0.15, -0.1) is 0 Å². The van der Waals surface area contributed by atoms with Gasteiger partial charge in [0.1, 0.15) is 0 Å². The van der Waals surface area contributed by atoms with Crippen LogP contribution >= 0.6 is 0 Å². The normalized spacial score (nSPS) is 26.0. The second-order valence-corrected chi connectivity index (χ2v) is 10.9. The van der Waals surface area contributed by atoms with Gasteiger partial charge in [0.2, 0.25) is 21.8 Å². The lowest BCUT2D eigenvalue weighted by Crippen LogP contribution is -2.35. The van der Waals surface area contributed by atoms with Crippen molar-refractivity contribution in [2.24, 2.45) is 11.8 Å². The van der Waals surface area contributed by atoms with E-state index in [2.05, 4.69) is 4.72 Å². The van der Waals surface area contributed by atoms with Crippen LogP contribution in [0.2, 0.25) is 0 Å². The molecule has 0 spiro atoms. The maximum absolute atomic E-state index is 13.1. The summed E-state index contributed by atoms with van der Waals surface area (Å²) in [7, 11) is -3.65. The summed E-state index contributed by atoms with van der Waals surface area (Å²) in [6.45, 7) is 1.93. The molecule has 6 nitrogen and oxygen atoms in total. The minimum atomic E-state index is -3.65. The van der Waals surface area contributed by atoms with E-state index in [1.807, 2.05) is 6.07 Å². The van der Waals surface area contributed by atoms with E-state index in [0.29, 0.717) is 11.1 Å². The lowest BCUT2D eigenvalue weighted by Gasteiger charge is -2.19. The van der Waals surface area contributed by atoms with Crippen LogP contribution < -0.4 is 4.72 Å². The Bertz CT molecular complexity index is 895. The first-order valence-corrected chi connectivity index (χ1v) is 12.8. The van der Waals surface area contributed by atoms with Gasteiger partial charge in [-0.25, -0.2) is 13.1 Å². The van der Waals surface area contributed by atoms with Crippen LogP contribution in [0.25, 0.3) is 0 Å². The summed E-state index contributed by atoms with van der Waals surface area (Å²) in [5.41, 5.74) is 1.36. The third kappa shape index (κ3) is 4.33. The van der Waals surface area contributed by atoms with E-state index in [0.717, 1.165) is 64.2 Å². The predicted molar refractivity (Wildman–Crippen MR) is 114 cm³/mol. The molecule has 2 atom stereocenters. The molecule has 0 radical (unpaired) electrons. The summed E-state index contributed by atoms with van der Waals surface area (Å²) in [4.78, 5) is 27.1. The molecular formula is C23H32N2O4S. The van der Waals surface area contributed by atoms with E-state index in [9.17, 15) is 18.0 Å². The number of benzene rings is 1. The molecule has 30 heavy (non-hydrogen) atoms. The highest BCUT2D eigenvalue weighted by Crippen LogP contribution is 2.38. The molecule has 1 N–H and O–H groups in total. The standard InChI is InChI=1S/C23H32N2O4S/c1-16-12-13-17(15-25-22(26)19-10-6-7-11-20(19)23(25)27)14-21(16)30(28,29)24-18-8-4-2-3-5-9-18/h12-14,18-20,24H,2-11,15H2,1H3. The molecule has 3 aliphatic rings. The average Bonchev–Trinajstić information content (AvgIpc) is 2.89. The summed E-state index contributed by atoms with van der Waals surface area (Å²) >= 11 is 0. The molecule has 2 unspecified atom stereocenters. The van der Waals surface area contributed by atoms with E-state index in [1.165, 1.54) is 4.90 Å². The molecule has 0 bridgehead atoms. The maximum Gasteiger partial charge on any atom is 0.241 e. The van der Waals surface area contributed by atoms with Crippen molar-refractivity contribution in [2.75, 3.05) is 0 Å². The van der Waals surface area contributed by atoms with Crippen LogP contribution in [0.15, 0.2) is 23.1 Å². The number of rotatable bonds is 5. The molecule has 1 aromatic carbocycles. The topological polar surface area (TPSA) is 83.6 Å². The Labute approximate surface area is 179 Å².